The third-order valence-corrected chi connectivity index (χ3v) is 5.36. The Morgan fingerprint density at radius 3 is 2.95 bits per heavy atom. The quantitative estimate of drug-likeness (QED) is 0.851. The van der Waals surface area contributed by atoms with Gasteiger partial charge in [0.05, 0.1) is 12.0 Å². The predicted molar refractivity (Wildman–Crippen MR) is 77.9 cm³/mol. The van der Waals surface area contributed by atoms with Crippen LogP contribution in [0.2, 0.25) is 0 Å². The lowest BCUT2D eigenvalue weighted by Gasteiger charge is -2.28. The Labute approximate surface area is 124 Å². The van der Waals surface area contributed by atoms with E-state index in [1.165, 1.54) is 0 Å². The molecule has 4 atom stereocenters. The summed E-state index contributed by atoms with van der Waals surface area (Å²) in [5.74, 6) is 1.84. The molecule has 4 nitrogen and oxygen atoms in total. The van der Waals surface area contributed by atoms with Gasteiger partial charge in [0.1, 0.15) is 12.4 Å². The topological polar surface area (TPSA) is 49.8 Å². The van der Waals surface area contributed by atoms with Gasteiger partial charge in [0.25, 0.3) is 0 Å². The lowest BCUT2D eigenvalue weighted by Crippen LogP contribution is -2.40. The molecule has 4 rings (SSSR count). The maximum absolute atomic E-state index is 12.7. The molecule has 0 bridgehead atoms. The van der Waals surface area contributed by atoms with Crippen LogP contribution >= 0.6 is 0 Å². The van der Waals surface area contributed by atoms with E-state index in [-0.39, 0.29) is 17.9 Å². The van der Waals surface area contributed by atoms with Gasteiger partial charge in [0.15, 0.2) is 0 Å². The fourth-order valence-electron chi connectivity index (χ4n) is 4.16. The van der Waals surface area contributed by atoms with Crippen molar-refractivity contribution in [3.05, 3.63) is 29.8 Å². The molecule has 1 aliphatic carbocycles. The highest BCUT2D eigenvalue weighted by Gasteiger charge is 2.44. The number of carbonyl (C=O) groups is 1. The summed E-state index contributed by atoms with van der Waals surface area (Å²) < 4.78 is 5.74. The van der Waals surface area contributed by atoms with Gasteiger partial charge < -0.3 is 14.7 Å². The van der Waals surface area contributed by atoms with E-state index in [4.69, 9.17) is 4.74 Å². The van der Waals surface area contributed by atoms with Crippen molar-refractivity contribution in [2.75, 3.05) is 19.7 Å². The number of aliphatic hydroxyl groups excluding tert-OH is 1. The fraction of sp³-hybridized carbons (Fsp3) is 0.588. The van der Waals surface area contributed by atoms with E-state index in [1.54, 1.807) is 0 Å². The zero-order valence-electron chi connectivity index (χ0n) is 12.1. The van der Waals surface area contributed by atoms with Crippen molar-refractivity contribution in [3.63, 3.8) is 0 Å². The first kappa shape index (κ1) is 13.1. The molecule has 0 aromatic heterocycles. The van der Waals surface area contributed by atoms with Crippen LogP contribution in [0.1, 0.15) is 18.4 Å². The monoisotopic (exact) mass is 287 g/mol. The number of likely N-dealkylation sites (tertiary alicyclic amines) is 1. The fourth-order valence-corrected chi connectivity index (χ4v) is 4.16. The first-order chi connectivity index (χ1) is 10.2. The minimum Gasteiger partial charge on any atom is -0.492 e. The lowest BCUT2D eigenvalue weighted by atomic mass is 9.95. The van der Waals surface area contributed by atoms with Gasteiger partial charge in [0.2, 0.25) is 5.91 Å². The van der Waals surface area contributed by atoms with Crippen LogP contribution in [-0.4, -0.2) is 41.7 Å². The summed E-state index contributed by atoms with van der Waals surface area (Å²) in [4.78, 5) is 14.7. The molecule has 0 radical (unpaired) electrons. The summed E-state index contributed by atoms with van der Waals surface area (Å²) in [6, 6.07) is 7.96. The molecule has 21 heavy (non-hydrogen) atoms. The Balaban J connectivity index is 1.45. The minimum absolute atomic E-state index is 0.0733. The van der Waals surface area contributed by atoms with Crippen LogP contribution in [-0.2, 0) is 11.2 Å². The summed E-state index contributed by atoms with van der Waals surface area (Å²) in [7, 11) is 0. The number of carbonyl (C=O) groups excluding carboxylic acids is 1. The van der Waals surface area contributed by atoms with Gasteiger partial charge in [0, 0.05) is 19.0 Å². The molecule has 4 heteroatoms. The third kappa shape index (κ3) is 2.22. The highest BCUT2D eigenvalue weighted by atomic mass is 16.5. The van der Waals surface area contributed by atoms with E-state index in [0.717, 1.165) is 43.7 Å². The van der Waals surface area contributed by atoms with Crippen LogP contribution in [0.25, 0.3) is 0 Å². The highest BCUT2D eigenvalue weighted by molar-refractivity contribution is 5.80. The molecule has 1 N–H and O–H groups in total. The first-order valence-corrected chi connectivity index (χ1v) is 7.90. The van der Waals surface area contributed by atoms with Gasteiger partial charge in [-0.25, -0.2) is 0 Å². The van der Waals surface area contributed by atoms with E-state index >= 15 is 0 Å². The largest absolute Gasteiger partial charge is 0.492 e. The molecule has 1 saturated heterocycles. The molecular weight excluding hydrogens is 266 g/mol. The Morgan fingerprint density at radius 2 is 2.10 bits per heavy atom. The van der Waals surface area contributed by atoms with Crippen molar-refractivity contribution in [3.8, 4) is 5.75 Å². The van der Waals surface area contributed by atoms with E-state index in [9.17, 15) is 9.90 Å². The van der Waals surface area contributed by atoms with E-state index in [1.807, 2.05) is 29.2 Å². The van der Waals surface area contributed by atoms with Crippen molar-refractivity contribution >= 4 is 5.91 Å². The first-order valence-electron chi connectivity index (χ1n) is 7.90. The predicted octanol–water partition coefficient (Wildman–Crippen LogP) is 1.47. The van der Waals surface area contributed by atoms with Gasteiger partial charge in [-0.15, -0.1) is 0 Å². The maximum atomic E-state index is 12.7. The van der Waals surface area contributed by atoms with Gasteiger partial charge in [-0.05, 0) is 36.8 Å². The molecule has 2 aliphatic heterocycles. The molecular formula is C17H21NO3. The molecule has 1 saturated carbocycles. The Morgan fingerprint density at radius 1 is 1.24 bits per heavy atom. The number of hydrogen-bond donors (Lipinski definition) is 1. The number of hydrogen-bond acceptors (Lipinski definition) is 3. The molecule has 1 amide bonds. The van der Waals surface area contributed by atoms with Crippen LogP contribution in [0, 0.1) is 17.8 Å². The van der Waals surface area contributed by atoms with E-state index in [0.29, 0.717) is 18.4 Å². The number of para-hydroxylation sites is 1. The molecule has 2 heterocycles. The van der Waals surface area contributed by atoms with Crippen LogP contribution in [0.3, 0.4) is 0 Å². The van der Waals surface area contributed by atoms with Gasteiger partial charge in [-0.1, -0.05) is 18.2 Å². The van der Waals surface area contributed by atoms with Crippen molar-refractivity contribution in [2.24, 2.45) is 17.8 Å². The summed E-state index contributed by atoms with van der Waals surface area (Å²) >= 11 is 0. The van der Waals surface area contributed by atoms with Crippen molar-refractivity contribution in [2.45, 2.75) is 25.4 Å². The number of benzene rings is 1. The van der Waals surface area contributed by atoms with Gasteiger partial charge in [-0.3, -0.25) is 4.79 Å². The number of rotatable bonds is 1. The third-order valence-electron chi connectivity index (χ3n) is 5.36. The Bertz CT molecular complexity index is 559. The van der Waals surface area contributed by atoms with Crippen LogP contribution in [0.15, 0.2) is 24.3 Å². The SMILES string of the molecule is O=C(C1COc2ccccc2C1)N1CC2CCC(O)C2C1. The Hall–Kier alpha value is -1.55. The summed E-state index contributed by atoms with van der Waals surface area (Å²) in [6.45, 7) is 2.02. The zero-order chi connectivity index (χ0) is 14.4. The molecule has 3 aliphatic rings. The molecule has 4 unspecified atom stereocenters. The van der Waals surface area contributed by atoms with Crippen molar-refractivity contribution < 1.29 is 14.6 Å². The number of amides is 1. The average Bonchev–Trinajstić information content (AvgIpc) is 3.08. The van der Waals surface area contributed by atoms with Crippen LogP contribution < -0.4 is 4.74 Å². The molecule has 0 spiro atoms. The van der Waals surface area contributed by atoms with E-state index < -0.39 is 0 Å². The molecule has 1 aromatic rings. The van der Waals surface area contributed by atoms with E-state index in [2.05, 4.69) is 0 Å². The Kier molecular flexibility index (Phi) is 3.14. The van der Waals surface area contributed by atoms with Crippen LogP contribution in [0.5, 0.6) is 5.75 Å². The number of aliphatic hydroxyl groups is 1. The second kappa shape index (κ2) is 5.02. The minimum atomic E-state index is -0.212. The van der Waals surface area contributed by atoms with Gasteiger partial charge >= 0.3 is 0 Å². The second-order valence-corrected chi connectivity index (χ2v) is 6.63. The summed E-state index contributed by atoms with van der Waals surface area (Å²) in [6.07, 6.45) is 2.51. The van der Waals surface area contributed by atoms with Crippen molar-refractivity contribution in [1.82, 2.24) is 4.90 Å². The smallest absolute Gasteiger partial charge is 0.229 e. The van der Waals surface area contributed by atoms with Gasteiger partial charge in [-0.2, -0.15) is 0 Å². The molecule has 1 aromatic carbocycles. The molecule has 2 fully saturated rings. The number of nitrogens with zero attached hydrogens (tertiary/aromatic N) is 1. The lowest BCUT2D eigenvalue weighted by molar-refractivity contribution is -0.136. The summed E-state index contributed by atoms with van der Waals surface area (Å²) in [5, 5.41) is 9.98. The van der Waals surface area contributed by atoms with Crippen LogP contribution in [0.4, 0.5) is 0 Å². The normalized spacial score (nSPS) is 34.2. The van der Waals surface area contributed by atoms with Crippen molar-refractivity contribution in [1.29, 1.82) is 0 Å². The highest BCUT2D eigenvalue weighted by Crippen LogP contribution is 2.39. The summed E-state index contributed by atoms with van der Waals surface area (Å²) in [5.41, 5.74) is 1.13. The zero-order valence-corrected chi connectivity index (χ0v) is 12.1. The number of ether oxygens (including phenoxy) is 1. The number of fused-ring (bicyclic) bond motifs is 2. The average molecular weight is 287 g/mol. The standard InChI is InChI=1S/C17H21NO3/c19-15-6-5-12-8-18(9-14(12)15)17(20)13-7-11-3-1-2-4-16(11)21-10-13/h1-4,12-15,19H,5-10H2. The maximum Gasteiger partial charge on any atom is 0.229 e. The molecule has 112 valence electrons. The second-order valence-electron chi connectivity index (χ2n) is 6.63.